The van der Waals surface area contributed by atoms with E-state index in [2.05, 4.69) is 9.44 Å². The molecule has 0 saturated heterocycles. The number of sulfonamides is 2. The number of anilines is 2. The number of nitrogens with one attached hydrogen (secondary N) is 2. The quantitative estimate of drug-likeness (QED) is 0.167. The number of benzene rings is 4. The highest BCUT2D eigenvalue weighted by Crippen LogP contribution is 2.42. The fourth-order valence-corrected chi connectivity index (χ4v) is 6.66. The third kappa shape index (κ3) is 6.73. The molecule has 0 aromatic heterocycles. The largest absolute Gasteiger partial charge is 0.497 e. The topological polar surface area (TPSA) is 145 Å². The maximum atomic E-state index is 13.3. The van der Waals surface area contributed by atoms with Crippen molar-refractivity contribution in [3.05, 3.63) is 106 Å². The van der Waals surface area contributed by atoms with Crippen LogP contribution in [0, 0.1) is 24.0 Å². The number of ether oxygens (including phenoxy) is 1. The molecule has 4 aromatic carbocycles. The highest BCUT2D eigenvalue weighted by molar-refractivity contribution is 7.99. The molecule has 0 aliphatic carbocycles. The average molecular weight is 600 g/mol. The number of methoxy groups -OCH3 is 1. The first kappa shape index (κ1) is 28.9. The molecular formula is C27H25N3O7S3. The molecule has 0 bridgehead atoms. The van der Waals surface area contributed by atoms with Gasteiger partial charge in [-0.2, -0.15) is 0 Å². The summed E-state index contributed by atoms with van der Waals surface area (Å²) in [5, 5.41) is 12.0. The van der Waals surface area contributed by atoms with Crippen LogP contribution < -0.4 is 14.2 Å². The first-order valence-electron chi connectivity index (χ1n) is 11.7. The lowest BCUT2D eigenvalue weighted by Crippen LogP contribution is -2.18. The lowest BCUT2D eigenvalue weighted by molar-refractivity contribution is -0.387. The molecule has 0 aliphatic heterocycles. The van der Waals surface area contributed by atoms with Crippen molar-refractivity contribution in [2.24, 2.45) is 0 Å². The van der Waals surface area contributed by atoms with Crippen LogP contribution in [-0.2, 0) is 20.0 Å². The number of hydrogen-bond donors (Lipinski definition) is 2. The lowest BCUT2D eigenvalue weighted by Gasteiger charge is -2.17. The molecule has 0 saturated carbocycles. The van der Waals surface area contributed by atoms with Crippen LogP contribution in [0.3, 0.4) is 0 Å². The van der Waals surface area contributed by atoms with Gasteiger partial charge < -0.3 is 4.74 Å². The zero-order valence-corrected chi connectivity index (χ0v) is 24.1. The molecule has 0 heterocycles. The van der Waals surface area contributed by atoms with Gasteiger partial charge in [-0.05, 0) is 68.4 Å². The predicted molar refractivity (Wildman–Crippen MR) is 154 cm³/mol. The third-order valence-corrected chi connectivity index (χ3v) is 9.55. The molecule has 0 amide bonds. The lowest BCUT2D eigenvalue weighted by atomic mass is 10.2. The first-order valence-corrected chi connectivity index (χ1v) is 15.5. The Morgan fingerprint density at radius 1 is 0.725 bits per heavy atom. The Morgan fingerprint density at radius 2 is 1.18 bits per heavy atom. The van der Waals surface area contributed by atoms with E-state index in [1.807, 2.05) is 0 Å². The summed E-state index contributed by atoms with van der Waals surface area (Å²) in [7, 11) is -6.91. The SMILES string of the molecule is COc1ccc(Sc2cc(NS(=O)(=O)c3ccc(C)cc3)c(NS(=O)(=O)c3ccc(C)cc3)cc2[N+](=O)[O-])cc1. The Labute approximate surface area is 236 Å². The van der Waals surface area contributed by atoms with E-state index in [-0.39, 0.29) is 26.1 Å². The monoisotopic (exact) mass is 599 g/mol. The van der Waals surface area contributed by atoms with Gasteiger partial charge >= 0.3 is 0 Å². The molecule has 4 aromatic rings. The van der Waals surface area contributed by atoms with Crippen molar-refractivity contribution in [3.8, 4) is 5.75 Å². The minimum atomic E-state index is -4.23. The highest BCUT2D eigenvalue weighted by atomic mass is 32.2. The zero-order chi connectivity index (χ0) is 29.1. The van der Waals surface area contributed by atoms with Gasteiger partial charge in [0.25, 0.3) is 25.7 Å². The Balaban J connectivity index is 1.83. The number of nitro groups is 1. The molecule has 10 nitrogen and oxygen atoms in total. The Kier molecular flexibility index (Phi) is 8.37. The molecule has 0 unspecified atom stereocenters. The summed E-state index contributed by atoms with van der Waals surface area (Å²) in [5.74, 6) is 0.589. The number of rotatable bonds is 10. The summed E-state index contributed by atoms with van der Waals surface area (Å²) in [6.07, 6.45) is 0. The van der Waals surface area contributed by atoms with Crippen molar-refractivity contribution < 1.29 is 26.5 Å². The second-order valence-corrected chi connectivity index (χ2v) is 13.2. The van der Waals surface area contributed by atoms with E-state index in [1.165, 1.54) is 37.4 Å². The van der Waals surface area contributed by atoms with Crippen LogP contribution in [0.4, 0.5) is 17.1 Å². The summed E-state index contributed by atoms with van der Waals surface area (Å²) in [6, 6.07) is 21.0. The minimum Gasteiger partial charge on any atom is -0.497 e. The number of aryl methyl sites for hydroxylation is 2. The molecule has 0 fully saturated rings. The van der Waals surface area contributed by atoms with E-state index >= 15 is 0 Å². The van der Waals surface area contributed by atoms with Crippen LogP contribution in [0.5, 0.6) is 5.75 Å². The Bertz CT molecular complexity index is 1760. The number of nitrogens with zero attached hydrogens (tertiary/aromatic N) is 1. The van der Waals surface area contributed by atoms with Crippen LogP contribution in [-0.4, -0.2) is 28.9 Å². The van der Waals surface area contributed by atoms with E-state index in [0.717, 1.165) is 29.0 Å². The van der Waals surface area contributed by atoms with E-state index in [4.69, 9.17) is 4.74 Å². The van der Waals surface area contributed by atoms with Gasteiger partial charge in [-0.3, -0.25) is 19.6 Å². The zero-order valence-electron chi connectivity index (χ0n) is 21.6. The third-order valence-electron chi connectivity index (χ3n) is 5.73. The van der Waals surface area contributed by atoms with E-state index in [0.29, 0.717) is 10.6 Å². The highest BCUT2D eigenvalue weighted by Gasteiger charge is 2.26. The fraction of sp³-hybridized carbons (Fsp3) is 0.111. The molecule has 13 heteroatoms. The van der Waals surface area contributed by atoms with Crippen molar-refractivity contribution >= 4 is 48.9 Å². The van der Waals surface area contributed by atoms with Crippen molar-refractivity contribution in [1.82, 2.24) is 0 Å². The number of hydrogen-bond acceptors (Lipinski definition) is 8. The van der Waals surface area contributed by atoms with Gasteiger partial charge in [0.2, 0.25) is 0 Å². The molecule has 208 valence electrons. The average Bonchev–Trinajstić information content (AvgIpc) is 2.90. The van der Waals surface area contributed by atoms with E-state index in [1.54, 1.807) is 62.4 Å². The maximum Gasteiger partial charge on any atom is 0.285 e. The smallest absolute Gasteiger partial charge is 0.285 e. The molecule has 0 atom stereocenters. The van der Waals surface area contributed by atoms with Crippen LogP contribution in [0.25, 0.3) is 0 Å². The standard InChI is InChI=1S/C27H25N3O7S3/c1-18-4-12-22(13-5-18)39(33,34)28-24-16-26(30(31)32)27(38-21-10-8-20(37-3)9-11-21)17-25(24)29-40(35,36)23-14-6-19(2)7-15-23/h4-17,28-29H,1-3H3. The molecule has 40 heavy (non-hydrogen) atoms. The van der Waals surface area contributed by atoms with Crippen molar-refractivity contribution in [2.75, 3.05) is 16.6 Å². The molecule has 2 N–H and O–H groups in total. The van der Waals surface area contributed by atoms with Crippen molar-refractivity contribution in [2.45, 2.75) is 33.4 Å². The summed E-state index contributed by atoms with van der Waals surface area (Å²) in [4.78, 5) is 11.9. The van der Waals surface area contributed by atoms with Gasteiger partial charge in [0.1, 0.15) is 5.75 Å². The van der Waals surface area contributed by atoms with Crippen LogP contribution in [0.1, 0.15) is 11.1 Å². The normalized spacial score (nSPS) is 11.6. The molecule has 0 aliphatic rings. The van der Waals surface area contributed by atoms with Crippen LogP contribution >= 0.6 is 11.8 Å². The van der Waals surface area contributed by atoms with Crippen molar-refractivity contribution in [3.63, 3.8) is 0 Å². The molecular weight excluding hydrogens is 575 g/mol. The van der Waals surface area contributed by atoms with E-state index in [9.17, 15) is 26.9 Å². The molecule has 4 rings (SSSR count). The molecule has 0 radical (unpaired) electrons. The predicted octanol–water partition coefficient (Wildman–Crippen LogP) is 5.97. The van der Waals surface area contributed by atoms with Gasteiger partial charge in [0.05, 0.1) is 38.1 Å². The maximum absolute atomic E-state index is 13.3. The summed E-state index contributed by atoms with van der Waals surface area (Å²) in [5.41, 5.74) is 0.778. The second kappa shape index (κ2) is 11.6. The Morgan fingerprint density at radius 3 is 1.60 bits per heavy atom. The fourth-order valence-electron chi connectivity index (χ4n) is 3.57. The second-order valence-electron chi connectivity index (χ2n) is 8.74. The van der Waals surface area contributed by atoms with Gasteiger partial charge in [0.15, 0.2) is 0 Å². The summed E-state index contributed by atoms with van der Waals surface area (Å²) >= 11 is 1.02. The minimum absolute atomic E-state index is 0.0619. The van der Waals surface area contributed by atoms with Gasteiger partial charge in [-0.15, -0.1) is 0 Å². The summed E-state index contributed by atoms with van der Waals surface area (Å²) < 4.78 is 62.7. The van der Waals surface area contributed by atoms with Gasteiger partial charge in [-0.1, -0.05) is 47.2 Å². The van der Waals surface area contributed by atoms with E-state index < -0.39 is 30.7 Å². The Hall–Kier alpha value is -4.07. The molecule has 0 spiro atoms. The van der Waals surface area contributed by atoms with Crippen LogP contribution in [0.15, 0.2) is 105 Å². The van der Waals surface area contributed by atoms with Gasteiger partial charge in [0, 0.05) is 11.0 Å². The van der Waals surface area contributed by atoms with Crippen LogP contribution in [0.2, 0.25) is 0 Å². The van der Waals surface area contributed by atoms with Gasteiger partial charge in [-0.25, -0.2) is 16.8 Å². The number of nitro benzene ring substituents is 1. The summed E-state index contributed by atoms with van der Waals surface area (Å²) in [6.45, 7) is 3.60. The van der Waals surface area contributed by atoms with Crippen molar-refractivity contribution in [1.29, 1.82) is 0 Å². The first-order chi connectivity index (χ1) is 18.9.